The molecule has 0 atom stereocenters. The molecule has 0 aliphatic carbocycles. The second-order valence-electron chi connectivity index (χ2n) is 6.27. The Hall–Kier alpha value is -2.80. The fourth-order valence-electron chi connectivity index (χ4n) is 2.80. The summed E-state index contributed by atoms with van der Waals surface area (Å²) in [6, 6.07) is 11.0. The average molecular weight is 357 g/mol. The third-order valence-corrected chi connectivity index (χ3v) is 4.21. The molecule has 1 fully saturated rings. The summed E-state index contributed by atoms with van der Waals surface area (Å²) in [5.41, 5.74) is 1.80. The van der Waals surface area contributed by atoms with Crippen LogP contribution in [0.4, 0.5) is 11.4 Å². The lowest BCUT2D eigenvalue weighted by molar-refractivity contribution is -0.116. The van der Waals surface area contributed by atoms with Gasteiger partial charge in [0.1, 0.15) is 5.76 Å². The number of amides is 2. The summed E-state index contributed by atoms with van der Waals surface area (Å²) in [5.74, 6) is 0.304. The minimum atomic E-state index is -0.323. The van der Waals surface area contributed by atoms with E-state index in [1.807, 2.05) is 24.3 Å². The molecular weight excluding hydrogens is 334 g/mol. The van der Waals surface area contributed by atoms with Crippen LogP contribution >= 0.6 is 0 Å². The highest BCUT2D eigenvalue weighted by Gasteiger charge is 2.18. The van der Waals surface area contributed by atoms with E-state index in [9.17, 15) is 9.59 Å². The van der Waals surface area contributed by atoms with Crippen molar-refractivity contribution < 1.29 is 18.7 Å². The number of nitrogens with one attached hydrogen (secondary N) is 1. The van der Waals surface area contributed by atoms with Crippen LogP contribution in [-0.4, -0.2) is 56.6 Å². The first kappa shape index (κ1) is 18.0. The highest BCUT2D eigenvalue weighted by molar-refractivity contribution is 5.98. The van der Waals surface area contributed by atoms with Gasteiger partial charge in [-0.2, -0.15) is 0 Å². The molecule has 7 nitrogen and oxygen atoms in total. The first-order chi connectivity index (χ1) is 12.5. The van der Waals surface area contributed by atoms with E-state index in [1.54, 1.807) is 26.1 Å². The van der Waals surface area contributed by atoms with E-state index in [0.717, 1.165) is 32.0 Å². The Morgan fingerprint density at radius 3 is 2.42 bits per heavy atom. The zero-order valence-corrected chi connectivity index (χ0v) is 15.0. The Kier molecular flexibility index (Phi) is 5.58. The number of carbonyl (C=O) groups excluding carboxylic acids is 2. The molecule has 1 aromatic carbocycles. The van der Waals surface area contributed by atoms with Crippen LogP contribution in [-0.2, 0) is 9.53 Å². The van der Waals surface area contributed by atoms with Crippen LogP contribution in [0.15, 0.2) is 40.8 Å². The van der Waals surface area contributed by atoms with Crippen molar-refractivity contribution in [2.75, 3.05) is 50.1 Å². The van der Waals surface area contributed by atoms with Crippen molar-refractivity contribution >= 4 is 23.2 Å². The van der Waals surface area contributed by atoms with Gasteiger partial charge in [-0.15, -0.1) is 0 Å². The van der Waals surface area contributed by atoms with Gasteiger partial charge in [0.25, 0.3) is 5.91 Å². The highest BCUT2D eigenvalue weighted by atomic mass is 16.5. The minimum absolute atomic E-state index is 0.0518. The molecule has 1 saturated heterocycles. The Bertz CT molecular complexity index is 763. The van der Waals surface area contributed by atoms with Gasteiger partial charge in [-0.25, -0.2) is 0 Å². The molecule has 0 radical (unpaired) electrons. The number of furan rings is 1. The first-order valence-electron chi connectivity index (χ1n) is 8.57. The number of morpholine rings is 1. The Labute approximate surface area is 152 Å². The topological polar surface area (TPSA) is 75.0 Å². The van der Waals surface area contributed by atoms with Crippen LogP contribution in [0, 0.1) is 6.92 Å². The van der Waals surface area contributed by atoms with Gasteiger partial charge in [-0.05, 0) is 43.3 Å². The third kappa shape index (κ3) is 4.43. The largest absolute Gasteiger partial charge is 0.456 e. The van der Waals surface area contributed by atoms with Gasteiger partial charge in [-0.3, -0.25) is 9.59 Å². The zero-order valence-electron chi connectivity index (χ0n) is 15.0. The summed E-state index contributed by atoms with van der Waals surface area (Å²) in [6.45, 7) is 4.91. The van der Waals surface area contributed by atoms with Gasteiger partial charge in [0.2, 0.25) is 5.91 Å². The van der Waals surface area contributed by atoms with Crippen molar-refractivity contribution in [2.24, 2.45) is 0 Å². The molecule has 0 unspecified atom stereocenters. The zero-order chi connectivity index (χ0) is 18.5. The van der Waals surface area contributed by atoms with Crippen LogP contribution in [0.5, 0.6) is 0 Å². The predicted octanol–water partition coefficient (Wildman–Crippen LogP) is 2.14. The number of benzene rings is 1. The van der Waals surface area contributed by atoms with Crippen molar-refractivity contribution in [3.05, 3.63) is 47.9 Å². The molecule has 2 heterocycles. The van der Waals surface area contributed by atoms with Gasteiger partial charge in [-0.1, -0.05) is 0 Å². The van der Waals surface area contributed by atoms with Crippen LogP contribution in [0.3, 0.4) is 0 Å². The van der Waals surface area contributed by atoms with E-state index in [0.29, 0.717) is 11.4 Å². The fourth-order valence-corrected chi connectivity index (χ4v) is 2.80. The van der Waals surface area contributed by atoms with Gasteiger partial charge in [0.15, 0.2) is 5.76 Å². The SMILES string of the molecule is Cc1ccc(C(=O)N(C)CC(=O)Nc2ccc(N3CCOCC3)cc2)o1. The summed E-state index contributed by atoms with van der Waals surface area (Å²) in [4.78, 5) is 28.0. The number of ether oxygens (including phenoxy) is 1. The molecule has 26 heavy (non-hydrogen) atoms. The number of aryl methyl sites for hydroxylation is 1. The maximum Gasteiger partial charge on any atom is 0.289 e. The summed E-state index contributed by atoms with van der Waals surface area (Å²) < 4.78 is 10.7. The number of anilines is 2. The third-order valence-electron chi connectivity index (χ3n) is 4.21. The Balaban J connectivity index is 1.53. The maximum absolute atomic E-state index is 12.2. The van der Waals surface area contributed by atoms with E-state index in [1.165, 1.54) is 4.90 Å². The van der Waals surface area contributed by atoms with E-state index in [2.05, 4.69) is 10.2 Å². The van der Waals surface area contributed by atoms with E-state index >= 15 is 0 Å². The summed E-state index contributed by atoms with van der Waals surface area (Å²) in [6.07, 6.45) is 0. The second-order valence-corrected chi connectivity index (χ2v) is 6.27. The number of likely N-dealkylation sites (N-methyl/N-ethyl adjacent to an activating group) is 1. The fraction of sp³-hybridized carbons (Fsp3) is 0.368. The normalized spacial score (nSPS) is 14.2. The lowest BCUT2D eigenvalue weighted by Crippen LogP contribution is -2.36. The van der Waals surface area contributed by atoms with Crippen molar-refractivity contribution in [1.82, 2.24) is 4.90 Å². The van der Waals surface area contributed by atoms with Crippen molar-refractivity contribution in [1.29, 1.82) is 0 Å². The molecular formula is C19H23N3O4. The van der Waals surface area contributed by atoms with Gasteiger partial charge < -0.3 is 24.3 Å². The quantitative estimate of drug-likeness (QED) is 0.887. The Morgan fingerprint density at radius 1 is 1.12 bits per heavy atom. The molecule has 1 aromatic heterocycles. The summed E-state index contributed by atoms with van der Waals surface area (Å²) in [7, 11) is 1.57. The van der Waals surface area contributed by atoms with Crippen LogP contribution in [0.1, 0.15) is 16.3 Å². The standard InChI is InChI=1S/C19H23N3O4/c1-14-3-8-17(26-14)19(24)21(2)13-18(23)20-15-4-6-16(7-5-15)22-9-11-25-12-10-22/h3-8H,9-13H2,1-2H3,(H,20,23). The average Bonchev–Trinajstić information content (AvgIpc) is 3.08. The van der Waals surface area contributed by atoms with Crippen molar-refractivity contribution in [2.45, 2.75) is 6.92 Å². The van der Waals surface area contributed by atoms with Gasteiger partial charge >= 0.3 is 0 Å². The molecule has 0 bridgehead atoms. The minimum Gasteiger partial charge on any atom is -0.456 e. The number of carbonyl (C=O) groups is 2. The van der Waals surface area contributed by atoms with E-state index in [4.69, 9.17) is 9.15 Å². The predicted molar refractivity (Wildman–Crippen MR) is 98.5 cm³/mol. The molecule has 0 saturated carbocycles. The number of hydrogen-bond acceptors (Lipinski definition) is 5. The molecule has 0 spiro atoms. The Morgan fingerprint density at radius 2 is 1.81 bits per heavy atom. The lowest BCUT2D eigenvalue weighted by atomic mass is 10.2. The number of nitrogens with zero attached hydrogens (tertiary/aromatic N) is 2. The first-order valence-corrected chi connectivity index (χ1v) is 8.57. The second kappa shape index (κ2) is 8.05. The molecule has 138 valence electrons. The smallest absolute Gasteiger partial charge is 0.289 e. The lowest BCUT2D eigenvalue weighted by Gasteiger charge is -2.28. The molecule has 1 aliphatic rings. The number of rotatable bonds is 5. The van der Waals surface area contributed by atoms with Crippen LogP contribution in [0.2, 0.25) is 0 Å². The number of hydrogen-bond donors (Lipinski definition) is 1. The van der Waals surface area contributed by atoms with Crippen LogP contribution < -0.4 is 10.2 Å². The molecule has 3 rings (SSSR count). The summed E-state index contributed by atoms with van der Waals surface area (Å²) >= 11 is 0. The molecule has 1 aliphatic heterocycles. The van der Waals surface area contributed by atoms with Crippen LogP contribution in [0.25, 0.3) is 0 Å². The van der Waals surface area contributed by atoms with Crippen molar-refractivity contribution in [3.8, 4) is 0 Å². The van der Waals surface area contributed by atoms with Gasteiger partial charge in [0.05, 0.1) is 19.8 Å². The molecule has 1 N–H and O–H groups in total. The van der Waals surface area contributed by atoms with E-state index in [-0.39, 0.29) is 24.1 Å². The maximum atomic E-state index is 12.2. The highest BCUT2D eigenvalue weighted by Crippen LogP contribution is 2.19. The summed E-state index contributed by atoms with van der Waals surface area (Å²) in [5, 5.41) is 2.81. The molecule has 2 amide bonds. The van der Waals surface area contributed by atoms with Gasteiger partial charge in [0, 0.05) is 31.5 Å². The van der Waals surface area contributed by atoms with Crippen molar-refractivity contribution in [3.63, 3.8) is 0 Å². The molecule has 2 aromatic rings. The van der Waals surface area contributed by atoms with E-state index < -0.39 is 0 Å². The monoisotopic (exact) mass is 357 g/mol. The molecule has 7 heteroatoms.